The first-order valence-electron chi connectivity index (χ1n) is 9.78. The highest BCUT2D eigenvalue weighted by Crippen LogP contribution is 2.20. The van der Waals surface area contributed by atoms with Gasteiger partial charge in [-0.3, -0.25) is 9.67 Å². The average Bonchev–Trinajstić information content (AvgIpc) is 3.11. The molecule has 7 nitrogen and oxygen atoms in total. The van der Waals surface area contributed by atoms with Gasteiger partial charge in [0, 0.05) is 44.1 Å². The van der Waals surface area contributed by atoms with E-state index in [0.717, 1.165) is 41.7 Å². The van der Waals surface area contributed by atoms with Crippen molar-refractivity contribution in [2.24, 2.45) is 0 Å². The van der Waals surface area contributed by atoms with Crippen molar-refractivity contribution in [1.29, 1.82) is 0 Å². The fraction of sp³-hybridized carbons (Fsp3) is 0.381. The van der Waals surface area contributed by atoms with Crippen LogP contribution in [0.15, 0.2) is 48.8 Å². The molecule has 7 heteroatoms. The zero-order valence-corrected chi connectivity index (χ0v) is 16.0. The summed E-state index contributed by atoms with van der Waals surface area (Å²) in [5, 5.41) is 8.76. The van der Waals surface area contributed by atoms with E-state index in [0.29, 0.717) is 19.6 Å². The lowest BCUT2D eigenvalue weighted by Gasteiger charge is -2.32. The maximum atomic E-state index is 12.6. The second-order valence-electron chi connectivity index (χ2n) is 6.93. The molecule has 4 rings (SSSR count). The van der Waals surface area contributed by atoms with E-state index in [4.69, 9.17) is 4.74 Å². The maximum Gasteiger partial charge on any atom is 0.317 e. The molecule has 0 atom stereocenters. The van der Waals surface area contributed by atoms with E-state index in [-0.39, 0.29) is 12.1 Å². The molecule has 1 N–H and O–H groups in total. The van der Waals surface area contributed by atoms with Crippen molar-refractivity contribution >= 4 is 16.9 Å². The number of para-hydroxylation sites is 1. The highest BCUT2D eigenvalue weighted by atomic mass is 16.5. The van der Waals surface area contributed by atoms with Gasteiger partial charge in [0.05, 0.1) is 24.0 Å². The van der Waals surface area contributed by atoms with Crippen LogP contribution in [-0.4, -0.2) is 44.9 Å². The first kappa shape index (κ1) is 18.3. The summed E-state index contributed by atoms with van der Waals surface area (Å²) in [6, 6.07) is 11.8. The number of carbonyl (C=O) groups is 1. The van der Waals surface area contributed by atoms with Crippen molar-refractivity contribution in [1.82, 2.24) is 25.0 Å². The Labute approximate surface area is 164 Å². The minimum atomic E-state index is -0.0463. The van der Waals surface area contributed by atoms with Gasteiger partial charge in [-0.05, 0) is 25.1 Å². The van der Waals surface area contributed by atoms with Gasteiger partial charge in [-0.1, -0.05) is 18.2 Å². The molecule has 1 aliphatic heterocycles. The van der Waals surface area contributed by atoms with Crippen molar-refractivity contribution in [3.8, 4) is 5.75 Å². The number of nitrogens with zero attached hydrogens (tertiary/aromatic N) is 4. The van der Waals surface area contributed by atoms with Gasteiger partial charge in [0.15, 0.2) is 0 Å². The first-order valence-corrected chi connectivity index (χ1v) is 9.78. The number of carbonyl (C=O) groups excluding carboxylic acids is 1. The highest BCUT2D eigenvalue weighted by Gasteiger charge is 2.24. The molecule has 28 heavy (non-hydrogen) atoms. The monoisotopic (exact) mass is 379 g/mol. The Morgan fingerprint density at radius 1 is 1.21 bits per heavy atom. The SMILES string of the molecule is CCn1nc(CNC(=O)N2CCC(Oc3cccnc3)CC2)c2ccccc21. The molecule has 2 amide bonds. The summed E-state index contributed by atoms with van der Waals surface area (Å²) in [6.45, 7) is 4.67. The standard InChI is InChI=1S/C21H25N5O2/c1-2-26-20-8-4-3-7-18(20)19(24-26)15-23-21(27)25-12-9-16(10-13-25)28-17-6-5-11-22-14-17/h3-8,11,14,16H,2,9-10,12-13,15H2,1H3,(H,23,27). The number of pyridine rings is 1. The lowest BCUT2D eigenvalue weighted by atomic mass is 10.1. The number of nitrogens with one attached hydrogen (secondary N) is 1. The van der Waals surface area contributed by atoms with Crippen LogP contribution in [0.25, 0.3) is 10.9 Å². The Kier molecular flexibility index (Phi) is 5.41. The van der Waals surface area contributed by atoms with Gasteiger partial charge in [0.1, 0.15) is 11.9 Å². The Bertz CT molecular complexity index is 932. The predicted octanol–water partition coefficient (Wildman–Crippen LogP) is 3.20. The molecular formula is C21H25N5O2. The fourth-order valence-electron chi connectivity index (χ4n) is 3.62. The van der Waals surface area contributed by atoms with Crippen LogP contribution in [0.5, 0.6) is 5.75 Å². The molecule has 0 aliphatic carbocycles. The average molecular weight is 379 g/mol. The van der Waals surface area contributed by atoms with Crippen molar-refractivity contribution in [2.75, 3.05) is 13.1 Å². The number of ether oxygens (including phenoxy) is 1. The van der Waals surface area contributed by atoms with E-state index in [1.165, 1.54) is 0 Å². The molecule has 0 bridgehead atoms. The molecule has 3 aromatic rings. The Balaban J connectivity index is 1.31. The fourth-order valence-corrected chi connectivity index (χ4v) is 3.62. The molecule has 146 valence electrons. The number of aryl methyl sites for hydroxylation is 1. The van der Waals surface area contributed by atoms with Crippen LogP contribution in [0.1, 0.15) is 25.5 Å². The summed E-state index contributed by atoms with van der Waals surface area (Å²) in [5.74, 6) is 0.781. The van der Waals surface area contributed by atoms with Gasteiger partial charge in [-0.15, -0.1) is 0 Å². The van der Waals surface area contributed by atoms with Crippen LogP contribution in [-0.2, 0) is 13.1 Å². The Hall–Kier alpha value is -3.09. The second kappa shape index (κ2) is 8.29. The zero-order valence-electron chi connectivity index (χ0n) is 16.0. The van der Waals surface area contributed by atoms with Crippen LogP contribution in [0.3, 0.4) is 0 Å². The number of likely N-dealkylation sites (tertiary alicyclic amines) is 1. The summed E-state index contributed by atoms with van der Waals surface area (Å²) in [7, 11) is 0. The van der Waals surface area contributed by atoms with Gasteiger partial charge < -0.3 is 15.0 Å². The Morgan fingerprint density at radius 3 is 2.79 bits per heavy atom. The number of aromatic nitrogens is 3. The number of urea groups is 1. The second-order valence-corrected chi connectivity index (χ2v) is 6.93. The number of benzene rings is 1. The van der Waals surface area contributed by atoms with Gasteiger partial charge in [-0.25, -0.2) is 4.79 Å². The van der Waals surface area contributed by atoms with Crippen molar-refractivity contribution in [2.45, 2.75) is 39.0 Å². The van der Waals surface area contributed by atoms with E-state index in [2.05, 4.69) is 34.5 Å². The molecule has 1 fully saturated rings. The quantitative estimate of drug-likeness (QED) is 0.739. The van der Waals surface area contributed by atoms with Gasteiger partial charge in [-0.2, -0.15) is 5.10 Å². The van der Waals surface area contributed by atoms with Crippen LogP contribution < -0.4 is 10.1 Å². The largest absolute Gasteiger partial charge is 0.489 e. The van der Waals surface area contributed by atoms with Gasteiger partial charge in [0.2, 0.25) is 0 Å². The lowest BCUT2D eigenvalue weighted by Crippen LogP contribution is -2.46. The predicted molar refractivity (Wildman–Crippen MR) is 107 cm³/mol. The van der Waals surface area contributed by atoms with Gasteiger partial charge >= 0.3 is 6.03 Å². The van der Waals surface area contributed by atoms with E-state index < -0.39 is 0 Å². The van der Waals surface area contributed by atoms with E-state index in [1.54, 1.807) is 12.4 Å². The molecule has 1 aliphatic rings. The zero-order chi connectivity index (χ0) is 19.3. The van der Waals surface area contributed by atoms with E-state index in [9.17, 15) is 4.79 Å². The summed E-state index contributed by atoms with van der Waals surface area (Å²) in [4.78, 5) is 18.5. The van der Waals surface area contributed by atoms with Crippen LogP contribution in [0.2, 0.25) is 0 Å². The third-order valence-electron chi connectivity index (χ3n) is 5.11. The molecule has 1 aromatic carbocycles. The topological polar surface area (TPSA) is 72.3 Å². The van der Waals surface area contributed by atoms with Crippen LogP contribution >= 0.6 is 0 Å². The number of hydrogen-bond acceptors (Lipinski definition) is 4. The van der Waals surface area contributed by atoms with Crippen LogP contribution in [0, 0.1) is 0 Å². The van der Waals surface area contributed by atoms with Gasteiger partial charge in [0.25, 0.3) is 0 Å². The number of piperidine rings is 1. The lowest BCUT2D eigenvalue weighted by molar-refractivity contribution is 0.110. The van der Waals surface area contributed by atoms with Crippen molar-refractivity contribution in [3.05, 3.63) is 54.5 Å². The molecule has 0 spiro atoms. The number of amides is 2. The third-order valence-corrected chi connectivity index (χ3v) is 5.11. The number of rotatable bonds is 5. The van der Waals surface area contributed by atoms with Crippen molar-refractivity contribution < 1.29 is 9.53 Å². The minimum Gasteiger partial charge on any atom is -0.489 e. The molecule has 0 unspecified atom stereocenters. The summed E-state index contributed by atoms with van der Waals surface area (Å²) in [6.07, 6.45) is 5.20. The summed E-state index contributed by atoms with van der Waals surface area (Å²) in [5.41, 5.74) is 2.00. The normalized spacial score (nSPS) is 15.0. The number of hydrogen-bond donors (Lipinski definition) is 1. The van der Waals surface area contributed by atoms with Crippen molar-refractivity contribution in [3.63, 3.8) is 0 Å². The van der Waals surface area contributed by atoms with Crippen LogP contribution in [0.4, 0.5) is 4.79 Å². The first-order chi connectivity index (χ1) is 13.7. The maximum absolute atomic E-state index is 12.6. The molecule has 0 saturated carbocycles. The third kappa shape index (κ3) is 3.93. The Morgan fingerprint density at radius 2 is 2.04 bits per heavy atom. The molecule has 2 aromatic heterocycles. The molecule has 1 saturated heterocycles. The van der Waals surface area contributed by atoms with E-state index in [1.807, 2.05) is 33.8 Å². The molecule has 0 radical (unpaired) electrons. The number of fused-ring (bicyclic) bond motifs is 1. The smallest absolute Gasteiger partial charge is 0.317 e. The minimum absolute atomic E-state index is 0.0463. The van der Waals surface area contributed by atoms with E-state index >= 15 is 0 Å². The molecule has 3 heterocycles. The molecular weight excluding hydrogens is 354 g/mol. The summed E-state index contributed by atoms with van der Waals surface area (Å²) < 4.78 is 7.91. The summed E-state index contributed by atoms with van der Waals surface area (Å²) >= 11 is 0. The highest BCUT2D eigenvalue weighted by molar-refractivity contribution is 5.82.